The van der Waals surface area contributed by atoms with E-state index < -0.39 is 0 Å². The highest BCUT2D eigenvalue weighted by atomic mass is 127. The lowest BCUT2D eigenvalue weighted by molar-refractivity contribution is -0.127. The van der Waals surface area contributed by atoms with Crippen LogP contribution in [0.2, 0.25) is 0 Å². The smallest absolute Gasteiger partial charge is 0.241 e. The summed E-state index contributed by atoms with van der Waals surface area (Å²) >= 11 is 1.76. The topological polar surface area (TPSA) is 66.0 Å². The molecule has 1 rings (SSSR count). The summed E-state index contributed by atoms with van der Waals surface area (Å²) in [6, 6.07) is 7.86. The Morgan fingerprint density at radius 2 is 2.00 bits per heavy atom. The average molecular weight is 480 g/mol. The molecule has 0 aliphatic heterocycles. The second kappa shape index (κ2) is 14.1. The summed E-state index contributed by atoms with van der Waals surface area (Å²) in [6.07, 6.45) is 2.06. The molecule has 0 bridgehead atoms. The molecule has 0 aromatic heterocycles. The molecular formula is C17H29IN4O2S. The van der Waals surface area contributed by atoms with E-state index in [1.54, 1.807) is 30.8 Å². The second-order valence-corrected chi connectivity index (χ2v) is 6.25. The minimum absolute atomic E-state index is 0. The van der Waals surface area contributed by atoms with Crippen LogP contribution in [0.5, 0.6) is 5.75 Å². The fraction of sp³-hybridized carbons (Fsp3) is 0.529. The summed E-state index contributed by atoms with van der Waals surface area (Å²) in [4.78, 5) is 17.9. The molecule has 1 aromatic rings. The molecule has 0 aliphatic rings. The van der Waals surface area contributed by atoms with Gasteiger partial charge < -0.3 is 20.3 Å². The predicted octanol–water partition coefficient (Wildman–Crippen LogP) is 2.19. The Bertz CT molecular complexity index is 541. The predicted molar refractivity (Wildman–Crippen MR) is 117 cm³/mol. The number of halogens is 1. The Hall–Kier alpha value is -1.16. The first-order valence-electron chi connectivity index (χ1n) is 8.00. The number of hydrogen-bond donors (Lipinski definition) is 2. The van der Waals surface area contributed by atoms with E-state index in [0.29, 0.717) is 19.1 Å². The van der Waals surface area contributed by atoms with E-state index >= 15 is 0 Å². The maximum atomic E-state index is 11.7. The van der Waals surface area contributed by atoms with Crippen molar-refractivity contribution in [2.24, 2.45) is 4.99 Å². The third kappa shape index (κ3) is 9.78. The number of aliphatic imine (C=N–C) groups is 1. The van der Waals surface area contributed by atoms with Crippen molar-refractivity contribution in [2.45, 2.75) is 13.5 Å². The molecule has 0 spiro atoms. The Morgan fingerprint density at radius 1 is 1.28 bits per heavy atom. The van der Waals surface area contributed by atoms with Gasteiger partial charge in [-0.05, 0) is 19.2 Å². The minimum atomic E-state index is 0. The number of amides is 1. The van der Waals surface area contributed by atoms with Crippen LogP contribution >= 0.6 is 35.7 Å². The van der Waals surface area contributed by atoms with Gasteiger partial charge in [-0.25, -0.2) is 4.99 Å². The molecule has 6 nitrogen and oxygen atoms in total. The van der Waals surface area contributed by atoms with Gasteiger partial charge in [0.25, 0.3) is 0 Å². The van der Waals surface area contributed by atoms with Crippen molar-refractivity contribution < 1.29 is 9.53 Å². The molecule has 1 aromatic carbocycles. The monoisotopic (exact) mass is 480 g/mol. The molecule has 0 fully saturated rings. The van der Waals surface area contributed by atoms with E-state index in [4.69, 9.17) is 4.74 Å². The van der Waals surface area contributed by atoms with Crippen molar-refractivity contribution in [3.8, 4) is 5.75 Å². The van der Waals surface area contributed by atoms with E-state index in [2.05, 4.69) is 21.9 Å². The van der Waals surface area contributed by atoms with Crippen LogP contribution in [0, 0.1) is 0 Å². The fourth-order valence-electron chi connectivity index (χ4n) is 1.86. The molecule has 1 amide bonds. The highest BCUT2D eigenvalue weighted by Crippen LogP contribution is 2.18. The molecule has 0 radical (unpaired) electrons. The zero-order valence-electron chi connectivity index (χ0n) is 15.4. The maximum Gasteiger partial charge on any atom is 0.241 e. The quantitative estimate of drug-likeness (QED) is 0.246. The first kappa shape index (κ1) is 23.8. The standard InChI is InChI=1S/C17H28N4O2S.HI/c1-5-23-15-9-7-6-8-14(15)12-19-17(18-10-11-24-4)20-13-16(22)21(2)3;/h6-9H,5,10-13H2,1-4H3,(H2,18,19,20);1H. The zero-order chi connectivity index (χ0) is 17.8. The van der Waals surface area contributed by atoms with Crippen LogP contribution < -0.4 is 15.4 Å². The van der Waals surface area contributed by atoms with Gasteiger partial charge >= 0.3 is 0 Å². The van der Waals surface area contributed by atoms with E-state index in [9.17, 15) is 4.79 Å². The van der Waals surface area contributed by atoms with Gasteiger partial charge in [0.1, 0.15) is 5.75 Å². The molecule has 0 atom stereocenters. The van der Waals surface area contributed by atoms with Crippen molar-refractivity contribution in [3.63, 3.8) is 0 Å². The number of nitrogens with zero attached hydrogens (tertiary/aromatic N) is 2. The number of rotatable bonds is 9. The summed E-state index contributed by atoms with van der Waals surface area (Å²) in [6.45, 7) is 4.07. The SMILES string of the molecule is CCOc1ccccc1CN=C(NCCSC)NCC(=O)N(C)C.I. The van der Waals surface area contributed by atoms with Crippen molar-refractivity contribution in [3.05, 3.63) is 29.8 Å². The van der Waals surface area contributed by atoms with Crippen LogP contribution in [0.4, 0.5) is 0 Å². The zero-order valence-corrected chi connectivity index (χ0v) is 18.5. The molecule has 8 heteroatoms. The Labute approximate surface area is 172 Å². The highest BCUT2D eigenvalue weighted by Gasteiger charge is 2.07. The normalized spacial score (nSPS) is 10.6. The molecule has 0 unspecified atom stereocenters. The fourth-order valence-corrected chi connectivity index (χ4v) is 2.16. The third-order valence-electron chi connectivity index (χ3n) is 3.18. The Kier molecular flexibility index (Phi) is 13.4. The number of hydrogen-bond acceptors (Lipinski definition) is 4. The van der Waals surface area contributed by atoms with E-state index in [1.165, 1.54) is 0 Å². The maximum absolute atomic E-state index is 11.7. The van der Waals surface area contributed by atoms with Crippen LogP contribution in [-0.2, 0) is 11.3 Å². The lowest BCUT2D eigenvalue weighted by Crippen LogP contribution is -2.43. The van der Waals surface area contributed by atoms with Crippen LogP contribution in [0.1, 0.15) is 12.5 Å². The van der Waals surface area contributed by atoms with Gasteiger partial charge in [0.15, 0.2) is 5.96 Å². The molecule has 0 saturated carbocycles. The molecule has 25 heavy (non-hydrogen) atoms. The summed E-state index contributed by atoms with van der Waals surface area (Å²) in [7, 11) is 3.47. The van der Waals surface area contributed by atoms with E-state index in [0.717, 1.165) is 23.6 Å². The summed E-state index contributed by atoms with van der Waals surface area (Å²) < 4.78 is 5.62. The van der Waals surface area contributed by atoms with E-state index in [-0.39, 0.29) is 36.4 Å². The van der Waals surface area contributed by atoms with Gasteiger partial charge in [0.2, 0.25) is 5.91 Å². The number of ether oxygens (including phenoxy) is 1. The van der Waals surface area contributed by atoms with Gasteiger partial charge in [-0.1, -0.05) is 18.2 Å². The number of guanidine groups is 1. The van der Waals surface area contributed by atoms with Gasteiger partial charge in [0, 0.05) is 32.0 Å². The molecule has 0 saturated heterocycles. The van der Waals surface area contributed by atoms with Crippen LogP contribution in [0.15, 0.2) is 29.3 Å². The second-order valence-electron chi connectivity index (χ2n) is 5.27. The molecule has 2 N–H and O–H groups in total. The van der Waals surface area contributed by atoms with Crippen LogP contribution in [0.25, 0.3) is 0 Å². The van der Waals surface area contributed by atoms with Gasteiger partial charge in [-0.3, -0.25) is 4.79 Å². The van der Waals surface area contributed by atoms with Gasteiger partial charge in [-0.15, -0.1) is 24.0 Å². The molecule has 0 aliphatic carbocycles. The van der Waals surface area contributed by atoms with Gasteiger partial charge in [0.05, 0.1) is 19.7 Å². The van der Waals surface area contributed by atoms with Crippen LogP contribution in [0.3, 0.4) is 0 Å². The number of carbonyl (C=O) groups excluding carboxylic acids is 1. The molecular weight excluding hydrogens is 451 g/mol. The number of nitrogens with one attached hydrogen (secondary N) is 2. The first-order valence-corrected chi connectivity index (χ1v) is 9.39. The number of benzene rings is 1. The summed E-state index contributed by atoms with van der Waals surface area (Å²) in [5, 5.41) is 6.32. The Balaban J connectivity index is 0.00000576. The summed E-state index contributed by atoms with van der Waals surface area (Å²) in [5.41, 5.74) is 1.02. The number of thioether (sulfide) groups is 1. The number of para-hydroxylation sites is 1. The largest absolute Gasteiger partial charge is 0.494 e. The minimum Gasteiger partial charge on any atom is -0.494 e. The molecule has 0 heterocycles. The Morgan fingerprint density at radius 3 is 2.64 bits per heavy atom. The molecule has 142 valence electrons. The first-order chi connectivity index (χ1) is 11.6. The highest BCUT2D eigenvalue weighted by molar-refractivity contribution is 14.0. The number of carbonyl (C=O) groups is 1. The lowest BCUT2D eigenvalue weighted by Gasteiger charge is -2.15. The average Bonchev–Trinajstić information content (AvgIpc) is 2.58. The van der Waals surface area contributed by atoms with Crippen molar-refractivity contribution in [2.75, 3.05) is 45.8 Å². The third-order valence-corrected chi connectivity index (χ3v) is 3.80. The number of likely N-dealkylation sites (N-methyl/N-ethyl adjacent to an activating group) is 1. The van der Waals surface area contributed by atoms with Crippen molar-refractivity contribution in [1.29, 1.82) is 0 Å². The van der Waals surface area contributed by atoms with Crippen LogP contribution in [-0.4, -0.2) is 62.6 Å². The van der Waals surface area contributed by atoms with Gasteiger partial charge in [-0.2, -0.15) is 11.8 Å². The summed E-state index contributed by atoms with van der Waals surface area (Å²) in [5.74, 6) is 2.45. The lowest BCUT2D eigenvalue weighted by atomic mass is 10.2. The van der Waals surface area contributed by atoms with Crippen molar-refractivity contribution in [1.82, 2.24) is 15.5 Å². The van der Waals surface area contributed by atoms with E-state index in [1.807, 2.05) is 31.2 Å². The van der Waals surface area contributed by atoms with Crippen molar-refractivity contribution >= 4 is 47.6 Å².